The molecule has 0 spiro atoms. The molecule has 0 aromatic heterocycles. The SMILES string of the molecule is CCCCCCCC(C)(CCCS)CCCCCC. The van der Waals surface area contributed by atoms with Crippen molar-refractivity contribution >= 4 is 12.6 Å². The third-order valence-electron chi connectivity index (χ3n) is 4.46. The molecule has 0 radical (unpaired) electrons. The Balaban J connectivity index is 3.88. The van der Waals surface area contributed by atoms with E-state index in [-0.39, 0.29) is 0 Å². The van der Waals surface area contributed by atoms with Gasteiger partial charge in [-0.1, -0.05) is 78.6 Å². The van der Waals surface area contributed by atoms with E-state index < -0.39 is 0 Å². The van der Waals surface area contributed by atoms with Crippen LogP contribution in [0.2, 0.25) is 0 Å². The minimum absolute atomic E-state index is 0.600. The summed E-state index contributed by atoms with van der Waals surface area (Å²) in [6, 6.07) is 0. The molecule has 0 aromatic carbocycles. The Hall–Kier alpha value is 0.350. The number of hydrogen-bond donors (Lipinski definition) is 1. The lowest BCUT2D eigenvalue weighted by atomic mass is 9.76. The van der Waals surface area contributed by atoms with Crippen LogP contribution in [0.5, 0.6) is 0 Å². The molecule has 0 rings (SSSR count). The fourth-order valence-corrected chi connectivity index (χ4v) is 3.17. The van der Waals surface area contributed by atoms with Gasteiger partial charge in [0, 0.05) is 0 Å². The van der Waals surface area contributed by atoms with Crippen molar-refractivity contribution in [2.45, 2.75) is 104 Å². The number of hydrogen-bond acceptors (Lipinski definition) is 1. The lowest BCUT2D eigenvalue weighted by molar-refractivity contribution is 0.229. The molecule has 0 aliphatic rings. The van der Waals surface area contributed by atoms with E-state index in [0.29, 0.717) is 5.41 Å². The minimum Gasteiger partial charge on any atom is -0.179 e. The van der Waals surface area contributed by atoms with Gasteiger partial charge in [-0.2, -0.15) is 12.6 Å². The molecule has 19 heavy (non-hydrogen) atoms. The molecule has 116 valence electrons. The molecule has 1 heteroatoms. The van der Waals surface area contributed by atoms with Gasteiger partial charge in [-0.05, 0) is 36.9 Å². The number of rotatable bonds is 14. The molecule has 0 bridgehead atoms. The van der Waals surface area contributed by atoms with Crippen LogP contribution >= 0.6 is 12.6 Å². The smallest absolute Gasteiger partial charge is 0.00977 e. The van der Waals surface area contributed by atoms with Gasteiger partial charge in [-0.25, -0.2) is 0 Å². The Morgan fingerprint density at radius 2 is 1.05 bits per heavy atom. The fraction of sp³-hybridized carbons (Fsp3) is 1.00. The molecule has 1 unspecified atom stereocenters. The lowest BCUT2D eigenvalue weighted by Gasteiger charge is -2.30. The molecule has 0 aliphatic carbocycles. The quantitative estimate of drug-likeness (QED) is 0.257. The predicted molar refractivity (Wildman–Crippen MR) is 93.3 cm³/mol. The van der Waals surface area contributed by atoms with Crippen LogP contribution in [0, 0.1) is 5.41 Å². The highest BCUT2D eigenvalue weighted by atomic mass is 32.1. The average Bonchev–Trinajstić information content (AvgIpc) is 2.41. The summed E-state index contributed by atoms with van der Waals surface area (Å²) in [5.41, 5.74) is 0.600. The second-order valence-corrected chi connectivity index (χ2v) is 7.06. The van der Waals surface area contributed by atoms with Gasteiger partial charge in [0.2, 0.25) is 0 Å². The molecule has 0 N–H and O–H groups in total. The van der Waals surface area contributed by atoms with Gasteiger partial charge in [0.05, 0.1) is 0 Å². The first kappa shape index (κ1) is 19.4. The van der Waals surface area contributed by atoms with Crippen LogP contribution in [-0.4, -0.2) is 5.75 Å². The second-order valence-electron chi connectivity index (χ2n) is 6.61. The average molecular weight is 287 g/mol. The van der Waals surface area contributed by atoms with Gasteiger partial charge < -0.3 is 0 Å². The van der Waals surface area contributed by atoms with E-state index in [4.69, 9.17) is 0 Å². The Labute approximate surface area is 128 Å². The zero-order valence-corrected chi connectivity index (χ0v) is 14.7. The summed E-state index contributed by atoms with van der Waals surface area (Å²) in [4.78, 5) is 0. The normalized spacial score (nSPS) is 14.5. The number of thiol groups is 1. The standard InChI is InChI=1S/C18H38S/c1-4-6-8-10-12-15-18(3,16-13-17-19)14-11-9-7-5-2/h19H,4-17H2,1-3H3. The van der Waals surface area contributed by atoms with Crippen molar-refractivity contribution < 1.29 is 0 Å². The van der Waals surface area contributed by atoms with Crippen molar-refractivity contribution in [3.63, 3.8) is 0 Å². The van der Waals surface area contributed by atoms with E-state index >= 15 is 0 Å². The Bertz CT molecular complexity index is 179. The van der Waals surface area contributed by atoms with Crippen LogP contribution < -0.4 is 0 Å². The monoisotopic (exact) mass is 286 g/mol. The molecule has 0 heterocycles. The molecule has 0 saturated heterocycles. The topological polar surface area (TPSA) is 0 Å². The first-order chi connectivity index (χ1) is 9.18. The van der Waals surface area contributed by atoms with Crippen LogP contribution in [0.1, 0.15) is 104 Å². The molecule has 1 atom stereocenters. The molecule has 0 amide bonds. The summed E-state index contributed by atoms with van der Waals surface area (Å²) in [5, 5.41) is 0. The minimum atomic E-state index is 0.600. The van der Waals surface area contributed by atoms with Crippen molar-refractivity contribution in [3.8, 4) is 0 Å². The second kappa shape index (κ2) is 13.3. The Morgan fingerprint density at radius 1 is 0.632 bits per heavy atom. The molecular weight excluding hydrogens is 248 g/mol. The van der Waals surface area contributed by atoms with Crippen molar-refractivity contribution in [1.29, 1.82) is 0 Å². The van der Waals surface area contributed by atoms with Crippen LogP contribution in [0.3, 0.4) is 0 Å². The zero-order chi connectivity index (χ0) is 14.4. The molecule has 0 nitrogen and oxygen atoms in total. The van der Waals surface area contributed by atoms with E-state index in [1.165, 1.54) is 83.5 Å². The highest BCUT2D eigenvalue weighted by Gasteiger charge is 2.22. The third kappa shape index (κ3) is 11.8. The van der Waals surface area contributed by atoms with E-state index in [1.54, 1.807) is 0 Å². The van der Waals surface area contributed by atoms with Gasteiger partial charge in [0.1, 0.15) is 0 Å². The first-order valence-corrected chi connectivity index (χ1v) is 9.42. The molecule has 0 fully saturated rings. The van der Waals surface area contributed by atoms with Crippen molar-refractivity contribution in [3.05, 3.63) is 0 Å². The highest BCUT2D eigenvalue weighted by molar-refractivity contribution is 7.80. The van der Waals surface area contributed by atoms with Gasteiger partial charge >= 0.3 is 0 Å². The van der Waals surface area contributed by atoms with Crippen LogP contribution in [0.15, 0.2) is 0 Å². The van der Waals surface area contributed by atoms with Gasteiger partial charge in [0.15, 0.2) is 0 Å². The van der Waals surface area contributed by atoms with Crippen LogP contribution in [-0.2, 0) is 0 Å². The molecule has 0 saturated carbocycles. The van der Waals surface area contributed by atoms with Crippen molar-refractivity contribution in [2.24, 2.45) is 5.41 Å². The summed E-state index contributed by atoms with van der Waals surface area (Å²) < 4.78 is 0. The van der Waals surface area contributed by atoms with Crippen molar-refractivity contribution in [2.75, 3.05) is 5.75 Å². The molecular formula is C18H38S. The molecule has 0 aromatic rings. The van der Waals surface area contributed by atoms with Gasteiger partial charge in [-0.15, -0.1) is 0 Å². The summed E-state index contributed by atoms with van der Waals surface area (Å²) in [6.07, 6.45) is 18.3. The lowest BCUT2D eigenvalue weighted by Crippen LogP contribution is -2.17. The Morgan fingerprint density at radius 3 is 1.53 bits per heavy atom. The predicted octanol–water partition coefficient (Wildman–Crippen LogP) is 7.03. The molecule has 0 aliphatic heterocycles. The summed E-state index contributed by atoms with van der Waals surface area (Å²) >= 11 is 4.39. The maximum absolute atomic E-state index is 4.39. The summed E-state index contributed by atoms with van der Waals surface area (Å²) in [7, 11) is 0. The number of unbranched alkanes of at least 4 members (excludes halogenated alkanes) is 7. The van der Waals surface area contributed by atoms with Gasteiger partial charge in [0.25, 0.3) is 0 Å². The highest BCUT2D eigenvalue weighted by Crippen LogP contribution is 2.36. The first-order valence-electron chi connectivity index (χ1n) is 8.79. The summed E-state index contributed by atoms with van der Waals surface area (Å²) in [5.74, 6) is 1.06. The largest absolute Gasteiger partial charge is 0.179 e. The van der Waals surface area contributed by atoms with Gasteiger partial charge in [-0.3, -0.25) is 0 Å². The van der Waals surface area contributed by atoms with E-state index in [0.717, 1.165) is 5.75 Å². The fourth-order valence-electron chi connectivity index (χ4n) is 3.01. The van der Waals surface area contributed by atoms with E-state index in [2.05, 4.69) is 33.4 Å². The zero-order valence-electron chi connectivity index (χ0n) is 13.8. The third-order valence-corrected chi connectivity index (χ3v) is 4.77. The summed E-state index contributed by atoms with van der Waals surface area (Å²) in [6.45, 7) is 7.13. The van der Waals surface area contributed by atoms with E-state index in [9.17, 15) is 0 Å². The maximum Gasteiger partial charge on any atom is -0.00977 e. The van der Waals surface area contributed by atoms with Crippen LogP contribution in [0.25, 0.3) is 0 Å². The maximum atomic E-state index is 4.39. The van der Waals surface area contributed by atoms with Crippen molar-refractivity contribution in [1.82, 2.24) is 0 Å². The van der Waals surface area contributed by atoms with E-state index in [1.807, 2.05) is 0 Å². The Kier molecular flexibility index (Phi) is 13.6. The van der Waals surface area contributed by atoms with Crippen LogP contribution in [0.4, 0.5) is 0 Å².